The van der Waals surface area contributed by atoms with E-state index in [2.05, 4.69) is 17.1 Å². The molecule has 1 aliphatic heterocycles. The lowest BCUT2D eigenvalue weighted by Crippen LogP contribution is -2.56. The van der Waals surface area contributed by atoms with Crippen molar-refractivity contribution in [1.82, 2.24) is 10.2 Å². The Balaban J connectivity index is 1.78. The Morgan fingerprint density at radius 3 is 2.86 bits per heavy atom. The van der Waals surface area contributed by atoms with Gasteiger partial charge in [-0.1, -0.05) is 18.5 Å². The van der Waals surface area contributed by atoms with E-state index >= 15 is 0 Å². The maximum Gasteiger partial charge on any atom is 0.123 e. The molecule has 0 aromatic heterocycles. The molecule has 116 valence electrons. The average Bonchev–Trinajstić information content (AvgIpc) is 3.32. The first-order valence-corrected chi connectivity index (χ1v) is 8.39. The molecule has 0 spiro atoms. The van der Waals surface area contributed by atoms with Gasteiger partial charge in [-0.25, -0.2) is 0 Å². The second kappa shape index (κ2) is 6.55. The van der Waals surface area contributed by atoms with Crippen LogP contribution < -0.4 is 10.1 Å². The van der Waals surface area contributed by atoms with Gasteiger partial charge in [-0.05, 0) is 43.4 Å². The summed E-state index contributed by atoms with van der Waals surface area (Å²) in [7, 11) is 1.73. The molecule has 2 unspecified atom stereocenters. The van der Waals surface area contributed by atoms with Crippen molar-refractivity contribution < 1.29 is 4.74 Å². The number of hydrogen-bond donors (Lipinski definition) is 1. The first kappa shape index (κ1) is 15.1. The largest absolute Gasteiger partial charge is 0.496 e. The summed E-state index contributed by atoms with van der Waals surface area (Å²) in [5.74, 6) is 1.82. The number of ether oxygens (including phenoxy) is 1. The number of piperazine rings is 1. The fourth-order valence-electron chi connectivity index (χ4n) is 3.39. The summed E-state index contributed by atoms with van der Waals surface area (Å²) in [5.41, 5.74) is 1.20. The SMILES string of the molecule is CCC1CN(Cc2cc(Cl)ccc2OC)C(C2CC2)CN1. The number of nitrogens with one attached hydrogen (secondary N) is 1. The molecular formula is C17H25ClN2O. The zero-order chi connectivity index (χ0) is 14.8. The number of nitrogens with zero attached hydrogens (tertiary/aromatic N) is 1. The third kappa shape index (κ3) is 3.53. The van der Waals surface area contributed by atoms with Crippen molar-refractivity contribution >= 4 is 11.6 Å². The van der Waals surface area contributed by atoms with Gasteiger partial charge in [0.2, 0.25) is 0 Å². The molecule has 2 atom stereocenters. The Morgan fingerprint density at radius 2 is 2.19 bits per heavy atom. The van der Waals surface area contributed by atoms with Crippen LogP contribution in [-0.4, -0.2) is 37.2 Å². The lowest BCUT2D eigenvalue weighted by atomic mass is 10.0. The Hall–Kier alpha value is -0.770. The van der Waals surface area contributed by atoms with Gasteiger partial charge in [0.1, 0.15) is 5.75 Å². The number of hydrogen-bond acceptors (Lipinski definition) is 3. The van der Waals surface area contributed by atoms with Gasteiger partial charge in [-0.2, -0.15) is 0 Å². The van der Waals surface area contributed by atoms with Gasteiger partial charge in [0, 0.05) is 42.3 Å². The highest BCUT2D eigenvalue weighted by atomic mass is 35.5. The lowest BCUT2D eigenvalue weighted by Gasteiger charge is -2.40. The van der Waals surface area contributed by atoms with Crippen LogP contribution in [0.3, 0.4) is 0 Å². The fourth-order valence-corrected chi connectivity index (χ4v) is 3.58. The highest BCUT2D eigenvalue weighted by Gasteiger charge is 2.38. The molecule has 0 bridgehead atoms. The van der Waals surface area contributed by atoms with E-state index in [0.29, 0.717) is 12.1 Å². The van der Waals surface area contributed by atoms with E-state index in [9.17, 15) is 0 Å². The van der Waals surface area contributed by atoms with E-state index in [-0.39, 0.29) is 0 Å². The van der Waals surface area contributed by atoms with Gasteiger partial charge >= 0.3 is 0 Å². The summed E-state index contributed by atoms with van der Waals surface area (Å²) in [6.45, 7) is 5.43. The molecular weight excluding hydrogens is 284 g/mol. The van der Waals surface area contributed by atoms with Crippen molar-refractivity contribution in [2.45, 2.75) is 44.8 Å². The standard InChI is InChI=1S/C17H25ClN2O/c1-3-15-11-20(16(9-19-15)12-4-5-12)10-13-8-14(18)6-7-17(13)21-2/h6-8,12,15-16,19H,3-5,9-11H2,1-2H3. The van der Waals surface area contributed by atoms with Gasteiger partial charge in [0.15, 0.2) is 0 Å². The van der Waals surface area contributed by atoms with Crippen molar-refractivity contribution in [2.75, 3.05) is 20.2 Å². The van der Waals surface area contributed by atoms with Crippen molar-refractivity contribution in [2.24, 2.45) is 5.92 Å². The summed E-state index contributed by atoms with van der Waals surface area (Å²) >= 11 is 6.17. The number of methoxy groups -OCH3 is 1. The molecule has 21 heavy (non-hydrogen) atoms. The molecule has 1 aliphatic carbocycles. The van der Waals surface area contributed by atoms with Crippen LogP contribution in [-0.2, 0) is 6.54 Å². The van der Waals surface area contributed by atoms with Crippen LogP contribution in [0, 0.1) is 5.92 Å². The highest BCUT2D eigenvalue weighted by molar-refractivity contribution is 6.30. The second-order valence-corrected chi connectivity index (χ2v) is 6.74. The van der Waals surface area contributed by atoms with Crippen molar-refractivity contribution in [3.05, 3.63) is 28.8 Å². The second-order valence-electron chi connectivity index (χ2n) is 6.30. The quantitative estimate of drug-likeness (QED) is 0.903. The smallest absolute Gasteiger partial charge is 0.123 e. The molecule has 1 saturated carbocycles. The van der Waals surface area contributed by atoms with Crippen LogP contribution >= 0.6 is 11.6 Å². The van der Waals surface area contributed by atoms with Crippen molar-refractivity contribution in [1.29, 1.82) is 0 Å². The van der Waals surface area contributed by atoms with E-state index in [1.165, 1.54) is 24.8 Å². The maximum atomic E-state index is 6.17. The molecule has 3 rings (SSSR count). The van der Waals surface area contributed by atoms with Crippen LogP contribution in [0.4, 0.5) is 0 Å². The van der Waals surface area contributed by atoms with Crippen LogP contribution in [0.15, 0.2) is 18.2 Å². The molecule has 1 N–H and O–H groups in total. The summed E-state index contributed by atoms with van der Waals surface area (Å²) in [6.07, 6.45) is 3.94. The number of benzene rings is 1. The zero-order valence-electron chi connectivity index (χ0n) is 12.9. The fraction of sp³-hybridized carbons (Fsp3) is 0.647. The molecule has 0 radical (unpaired) electrons. The third-order valence-electron chi connectivity index (χ3n) is 4.81. The Morgan fingerprint density at radius 1 is 1.38 bits per heavy atom. The molecule has 3 nitrogen and oxygen atoms in total. The number of rotatable bonds is 5. The van der Waals surface area contributed by atoms with Crippen LogP contribution in [0.5, 0.6) is 5.75 Å². The molecule has 1 aromatic rings. The maximum absolute atomic E-state index is 6.17. The first-order valence-electron chi connectivity index (χ1n) is 8.01. The lowest BCUT2D eigenvalue weighted by molar-refractivity contribution is 0.105. The van der Waals surface area contributed by atoms with Gasteiger partial charge in [-0.3, -0.25) is 4.90 Å². The van der Waals surface area contributed by atoms with E-state index in [0.717, 1.165) is 36.3 Å². The van der Waals surface area contributed by atoms with Crippen LogP contribution in [0.2, 0.25) is 5.02 Å². The number of halogens is 1. The minimum absolute atomic E-state index is 0.602. The molecule has 1 saturated heterocycles. The summed E-state index contributed by atoms with van der Waals surface area (Å²) in [6, 6.07) is 7.19. The van der Waals surface area contributed by atoms with Crippen molar-refractivity contribution in [3.8, 4) is 5.75 Å². The minimum Gasteiger partial charge on any atom is -0.496 e. The topological polar surface area (TPSA) is 24.5 Å². The third-order valence-corrected chi connectivity index (χ3v) is 5.05. The highest BCUT2D eigenvalue weighted by Crippen LogP contribution is 2.37. The molecule has 1 aromatic carbocycles. The normalized spacial score (nSPS) is 26.8. The van der Waals surface area contributed by atoms with E-state index < -0.39 is 0 Å². The van der Waals surface area contributed by atoms with Gasteiger partial charge in [0.25, 0.3) is 0 Å². The summed E-state index contributed by atoms with van der Waals surface area (Å²) < 4.78 is 5.51. The van der Waals surface area contributed by atoms with Gasteiger partial charge in [0.05, 0.1) is 7.11 Å². The summed E-state index contributed by atoms with van der Waals surface area (Å²) in [4.78, 5) is 2.64. The van der Waals surface area contributed by atoms with E-state index in [1.807, 2.05) is 18.2 Å². The Bertz CT molecular complexity index is 490. The summed E-state index contributed by atoms with van der Waals surface area (Å²) in [5, 5.41) is 4.48. The van der Waals surface area contributed by atoms with Crippen LogP contribution in [0.25, 0.3) is 0 Å². The molecule has 4 heteroatoms. The van der Waals surface area contributed by atoms with Crippen LogP contribution in [0.1, 0.15) is 31.7 Å². The zero-order valence-corrected chi connectivity index (χ0v) is 13.7. The minimum atomic E-state index is 0.602. The van der Waals surface area contributed by atoms with Gasteiger partial charge in [-0.15, -0.1) is 0 Å². The Kier molecular flexibility index (Phi) is 4.72. The average molecular weight is 309 g/mol. The Labute approximate surface area is 132 Å². The predicted octanol–water partition coefficient (Wildman–Crippen LogP) is 3.31. The first-order chi connectivity index (χ1) is 10.2. The van der Waals surface area contributed by atoms with Crippen molar-refractivity contribution in [3.63, 3.8) is 0 Å². The monoisotopic (exact) mass is 308 g/mol. The van der Waals surface area contributed by atoms with E-state index in [4.69, 9.17) is 16.3 Å². The van der Waals surface area contributed by atoms with E-state index in [1.54, 1.807) is 7.11 Å². The predicted molar refractivity (Wildman–Crippen MR) is 87.0 cm³/mol. The van der Waals surface area contributed by atoms with Gasteiger partial charge < -0.3 is 10.1 Å². The molecule has 2 fully saturated rings. The molecule has 1 heterocycles. The molecule has 0 amide bonds. The molecule has 2 aliphatic rings.